The van der Waals surface area contributed by atoms with Crippen LogP contribution in [0.1, 0.15) is 11.3 Å². The Balaban J connectivity index is 2.32. The number of halogens is 1. The van der Waals surface area contributed by atoms with Crippen LogP contribution in [-0.4, -0.2) is 30.5 Å². The third-order valence-corrected chi connectivity index (χ3v) is 4.59. The van der Waals surface area contributed by atoms with Gasteiger partial charge >= 0.3 is 0 Å². The first kappa shape index (κ1) is 14.7. The predicted molar refractivity (Wildman–Crippen MR) is 81.6 cm³/mol. The van der Waals surface area contributed by atoms with Crippen molar-refractivity contribution in [1.29, 1.82) is 0 Å². The van der Waals surface area contributed by atoms with Gasteiger partial charge in [0.25, 0.3) is 0 Å². The van der Waals surface area contributed by atoms with E-state index in [1.54, 1.807) is 24.5 Å². The number of sulfone groups is 1. The molecule has 0 aliphatic rings. The van der Waals surface area contributed by atoms with Crippen LogP contribution in [0.4, 0.5) is 5.95 Å². The maximum Gasteiger partial charge on any atom is 0.221 e. The first-order valence-corrected chi connectivity index (χ1v) is 8.31. The van der Waals surface area contributed by atoms with Crippen molar-refractivity contribution in [2.24, 2.45) is 5.10 Å². The average molecular weight is 357 g/mol. The van der Waals surface area contributed by atoms with Crippen LogP contribution < -0.4 is 5.73 Å². The standard InChI is InChI=1S/C12H13BrN4O2S/c1-8-7-17(12(14)16-8)15-6-9-3-4-11(10(13)5-9)20(2,18)19/h3-7H,1-2H3,(H2,14,16). The van der Waals surface area contributed by atoms with Crippen molar-refractivity contribution in [3.63, 3.8) is 0 Å². The molecule has 1 aromatic carbocycles. The first-order chi connectivity index (χ1) is 9.27. The number of rotatable bonds is 3. The maximum atomic E-state index is 11.5. The third-order valence-electron chi connectivity index (χ3n) is 2.52. The molecule has 2 N–H and O–H groups in total. The summed E-state index contributed by atoms with van der Waals surface area (Å²) in [7, 11) is -3.25. The van der Waals surface area contributed by atoms with Gasteiger partial charge in [0.1, 0.15) is 0 Å². The van der Waals surface area contributed by atoms with Crippen LogP contribution in [0.5, 0.6) is 0 Å². The minimum Gasteiger partial charge on any atom is -0.368 e. The highest BCUT2D eigenvalue weighted by molar-refractivity contribution is 9.10. The Kier molecular flexibility index (Phi) is 3.96. The molecule has 0 aliphatic carbocycles. The normalized spacial score (nSPS) is 12.2. The molecule has 106 valence electrons. The molecular weight excluding hydrogens is 344 g/mol. The van der Waals surface area contributed by atoms with Gasteiger partial charge in [-0.05, 0) is 40.5 Å². The average Bonchev–Trinajstić information content (AvgIpc) is 2.63. The molecule has 0 radical (unpaired) electrons. The number of imidazole rings is 1. The lowest BCUT2D eigenvalue weighted by Gasteiger charge is -2.03. The quantitative estimate of drug-likeness (QED) is 0.849. The van der Waals surface area contributed by atoms with E-state index >= 15 is 0 Å². The van der Waals surface area contributed by atoms with Gasteiger partial charge in [-0.2, -0.15) is 5.10 Å². The van der Waals surface area contributed by atoms with E-state index in [4.69, 9.17) is 5.73 Å². The summed E-state index contributed by atoms with van der Waals surface area (Å²) in [6, 6.07) is 4.88. The molecule has 0 fully saturated rings. The third kappa shape index (κ3) is 3.26. The van der Waals surface area contributed by atoms with Crippen molar-refractivity contribution in [3.8, 4) is 0 Å². The molecule has 0 saturated heterocycles. The minimum atomic E-state index is -3.25. The number of aromatic nitrogens is 2. The summed E-state index contributed by atoms with van der Waals surface area (Å²) >= 11 is 3.24. The lowest BCUT2D eigenvalue weighted by atomic mass is 10.2. The summed E-state index contributed by atoms with van der Waals surface area (Å²) in [4.78, 5) is 4.27. The number of hydrogen-bond donors (Lipinski definition) is 1. The van der Waals surface area contributed by atoms with Gasteiger partial charge < -0.3 is 5.73 Å². The highest BCUT2D eigenvalue weighted by Crippen LogP contribution is 2.22. The summed E-state index contributed by atoms with van der Waals surface area (Å²) in [6.07, 6.45) is 4.44. The van der Waals surface area contributed by atoms with Crippen molar-refractivity contribution in [3.05, 3.63) is 40.1 Å². The van der Waals surface area contributed by atoms with E-state index in [1.807, 2.05) is 6.92 Å². The molecule has 0 spiro atoms. The lowest BCUT2D eigenvalue weighted by Crippen LogP contribution is -2.00. The van der Waals surface area contributed by atoms with E-state index in [-0.39, 0.29) is 4.90 Å². The zero-order chi connectivity index (χ0) is 14.9. The van der Waals surface area contributed by atoms with E-state index in [0.717, 1.165) is 17.5 Å². The number of nitrogens with two attached hydrogens (primary N) is 1. The van der Waals surface area contributed by atoms with Gasteiger partial charge in [-0.1, -0.05) is 6.07 Å². The zero-order valence-corrected chi connectivity index (χ0v) is 13.3. The predicted octanol–water partition coefficient (Wildman–Crippen LogP) is 1.82. The van der Waals surface area contributed by atoms with Crippen LogP contribution >= 0.6 is 15.9 Å². The first-order valence-electron chi connectivity index (χ1n) is 5.63. The van der Waals surface area contributed by atoms with Crippen LogP contribution in [0.3, 0.4) is 0 Å². The fourth-order valence-electron chi connectivity index (χ4n) is 1.62. The molecule has 0 aliphatic heterocycles. The number of nitrogens with zero attached hydrogens (tertiary/aromatic N) is 3. The van der Waals surface area contributed by atoms with Crippen LogP contribution in [0, 0.1) is 6.92 Å². The van der Waals surface area contributed by atoms with Crippen molar-refractivity contribution in [2.75, 3.05) is 12.0 Å². The van der Waals surface area contributed by atoms with Crippen molar-refractivity contribution in [1.82, 2.24) is 9.66 Å². The lowest BCUT2D eigenvalue weighted by molar-refractivity contribution is 0.601. The smallest absolute Gasteiger partial charge is 0.221 e. The Hall–Kier alpha value is -1.67. The van der Waals surface area contributed by atoms with Gasteiger partial charge in [0.2, 0.25) is 5.95 Å². The van der Waals surface area contributed by atoms with Crippen LogP contribution in [0.2, 0.25) is 0 Å². The molecule has 0 bridgehead atoms. The zero-order valence-electron chi connectivity index (χ0n) is 10.9. The minimum absolute atomic E-state index is 0.243. The van der Waals surface area contributed by atoms with Gasteiger partial charge in [0, 0.05) is 10.7 Å². The highest BCUT2D eigenvalue weighted by Gasteiger charge is 2.11. The fourth-order valence-corrected chi connectivity index (χ4v) is 3.63. The molecule has 2 aromatic rings. The Bertz CT molecular complexity index is 781. The Morgan fingerprint density at radius 2 is 2.15 bits per heavy atom. The molecule has 0 atom stereocenters. The molecular formula is C12H13BrN4O2S. The SMILES string of the molecule is Cc1cn(N=Cc2ccc(S(C)(=O)=O)c(Br)c2)c(N)n1. The molecule has 1 aromatic heterocycles. The molecule has 0 unspecified atom stereocenters. The monoisotopic (exact) mass is 356 g/mol. The molecule has 8 heteroatoms. The van der Waals surface area contributed by atoms with E-state index in [9.17, 15) is 8.42 Å². The van der Waals surface area contributed by atoms with Gasteiger partial charge in [0.15, 0.2) is 9.84 Å². The number of benzene rings is 1. The number of aryl methyl sites for hydroxylation is 1. The molecule has 1 heterocycles. The molecule has 0 saturated carbocycles. The molecule has 6 nitrogen and oxygen atoms in total. The summed E-state index contributed by atoms with van der Waals surface area (Å²) in [6.45, 7) is 1.82. The van der Waals surface area contributed by atoms with Gasteiger partial charge in [-0.25, -0.2) is 18.1 Å². The highest BCUT2D eigenvalue weighted by atomic mass is 79.9. The fraction of sp³-hybridized carbons (Fsp3) is 0.167. The second-order valence-electron chi connectivity index (χ2n) is 4.29. The van der Waals surface area contributed by atoms with Crippen molar-refractivity contribution < 1.29 is 8.42 Å². The van der Waals surface area contributed by atoms with E-state index in [0.29, 0.717) is 10.4 Å². The van der Waals surface area contributed by atoms with E-state index in [2.05, 4.69) is 26.0 Å². The summed E-state index contributed by atoms with van der Waals surface area (Å²) in [5, 5.41) is 4.16. The van der Waals surface area contributed by atoms with Gasteiger partial charge in [0.05, 0.1) is 23.0 Å². The Morgan fingerprint density at radius 1 is 1.45 bits per heavy atom. The van der Waals surface area contributed by atoms with Crippen LogP contribution in [0.25, 0.3) is 0 Å². The van der Waals surface area contributed by atoms with Crippen LogP contribution in [0.15, 0.2) is 38.9 Å². The van der Waals surface area contributed by atoms with Crippen molar-refractivity contribution >= 4 is 37.9 Å². The van der Waals surface area contributed by atoms with E-state index < -0.39 is 9.84 Å². The summed E-state index contributed by atoms with van der Waals surface area (Å²) in [5.74, 6) is 0.297. The van der Waals surface area contributed by atoms with Gasteiger partial charge in [-0.3, -0.25) is 0 Å². The second-order valence-corrected chi connectivity index (χ2v) is 7.13. The Morgan fingerprint density at radius 3 is 2.65 bits per heavy atom. The number of hydrogen-bond acceptors (Lipinski definition) is 5. The molecule has 2 rings (SSSR count). The van der Waals surface area contributed by atoms with Crippen molar-refractivity contribution in [2.45, 2.75) is 11.8 Å². The second kappa shape index (κ2) is 5.37. The van der Waals surface area contributed by atoms with Gasteiger partial charge in [-0.15, -0.1) is 0 Å². The largest absolute Gasteiger partial charge is 0.368 e. The summed E-state index contributed by atoms with van der Waals surface area (Å²) < 4.78 is 24.9. The maximum absolute atomic E-state index is 11.5. The topological polar surface area (TPSA) is 90.3 Å². The van der Waals surface area contributed by atoms with E-state index in [1.165, 1.54) is 10.7 Å². The molecule has 20 heavy (non-hydrogen) atoms. The Labute approximate surface area is 125 Å². The van der Waals surface area contributed by atoms with Crippen LogP contribution in [-0.2, 0) is 9.84 Å². The summed E-state index contributed by atoms with van der Waals surface area (Å²) in [5.41, 5.74) is 7.18. The molecule has 0 amide bonds. The number of nitrogen functional groups attached to an aromatic ring is 1. The number of anilines is 1.